The van der Waals surface area contributed by atoms with Crippen molar-refractivity contribution in [1.82, 2.24) is 17.5 Å². The first-order valence-electron chi connectivity index (χ1n) is 18.1. The van der Waals surface area contributed by atoms with Crippen LogP contribution >= 0.6 is 91.5 Å². The second-order valence-corrected chi connectivity index (χ2v) is 21.2. The lowest BCUT2D eigenvalue weighted by molar-refractivity contribution is -0.0382. The summed E-state index contributed by atoms with van der Waals surface area (Å²) in [6.07, 6.45) is -2.75. The maximum absolute atomic E-state index is 16.3. The lowest BCUT2D eigenvalue weighted by atomic mass is 10.00. The molecule has 11 aromatic rings. The second kappa shape index (κ2) is 15.3. The molecule has 0 saturated heterocycles. The Kier molecular flexibility index (Phi) is 9.83. The van der Waals surface area contributed by atoms with Crippen LogP contribution in [0.25, 0.3) is 105 Å². The highest BCUT2D eigenvalue weighted by molar-refractivity contribution is 7.23. The fourth-order valence-electron chi connectivity index (χ4n) is 7.63. The molecule has 18 heteroatoms. The Morgan fingerprint density at radius 3 is 1.25 bits per heavy atom. The number of thiophene rings is 6. The number of hydrogen-bond acceptors (Lipinski definition) is 16. The van der Waals surface area contributed by atoms with Gasteiger partial charge in [-0.2, -0.15) is 17.5 Å². The average molecular weight is 943 g/mol. The van der Waals surface area contributed by atoms with E-state index < -0.39 is 24.2 Å². The molecular formula is C42H24F2N4O4S8. The van der Waals surface area contributed by atoms with Crippen molar-refractivity contribution in [2.24, 2.45) is 0 Å². The van der Waals surface area contributed by atoms with Gasteiger partial charge in [0.1, 0.15) is 33.7 Å². The maximum Gasteiger partial charge on any atom is 0.156 e. The van der Waals surface area contributed by atoms with E-state index >= 15 is 8.78 Å². The van der Waals surface area contributed by atoms with E-state index in [0.29, 0.717) is 44.3 Å². The van der Waals surface area contributed by atoms with Crippen LogP contribution in [0, 0.1) is 11.6 Å². The molecule has 0 radical (unpaired) electrons. The molecule has 0 amide bonds. The van der Waals surface area contributed by atoms with E-state index in [1.807, 2.05) is 48.5 Å². The summed E-state index contributed by atoms with van der Waals surface area (Å²) >= 11 is 11.1. The van der Waals surface area contributed by atoms with Crippen LogP contribution in [0.5, 0.6) is 0 Å². The van der Waals surface area contributed by atoms with Crippen LogP contribution in [0.3, 0.4) is 0 Å². The van der Waals surface area contributed by atoms with Crippen molar-refractivity contribution >= 4 is 134 Å². The number of halogens is 2. The Hall–Kier alpha value is -4.28. The molecule has 0 aliphatic carbocycles. The molecule has 11 rings (SSSR count). The van der Waals surface area contributed by atoms with E-state index in [4.69, 9.17) is 0 Å². The molecule has 0 spiro atoms. The first kappa shape index (κ1) is 38.6. The topological polar surface area (TPSA) is 132 Å². The summed E-state index contributed by atoms with van der Waals surface area (Å²) in [5.41, 5.74) is 6.38. The zero-order valence-electron chi connectivity index (χ0n) is 30.3. The standard InChI is InChI=1S/C42H24F2N4O4S8/c43-23-15-21(25-3-1-17(55-25)13-31(49)50)37-39(47-59-45-37)35(23)29-7-5-27(57-29)33-19-9-11-54-42(19)34(20-10-12-53-41(20)33)28-6-8-30(58-28)36-24(44)16-22(38-40(36)48-60-46-38)26-4-2-18(56-26)14-32(51)52/h1-12,15-16,31-32,49-52H,13-14H2. The van der Waals surface area contributed by atoms with Crippen LogP contribution in [-0.2, 0) is 12.8 Å². The largest absolute Gasteiger partial charge is 0.368 e. The molecule has 0 aliphatic heterocycles. The number of aromatic nitrogens is 4. The van der Waals surface area contributed by atoms with Gasteiger partial charge in [0.05, 0.1) is 34.6 Å². The smallest absolute Gasteiger partial charge is 0.156 e. The van der Waals surface area contributed by atoms with Gasteiger partial charge in [-0.1, -0.05) is 0 Å². The molecule has 0 aliphatic rings. The molecule has 0 saturated carbocycles. The third-order valence-electron chi connectivity index (χ3n) is 10.1. The van der Waals surface area contributed by atoms with E-state index in [9.17, 15) is 20.4 Å². The van der Waals surface area contributed by atoms with Gasteiger partial charge < -0.3 is 20.4 Å². The normalized spacial score (nSPS) is 12.3. The van der Waals surface area contributed by atoms with Crippen molar-refractivity contribution in [3.63, 3.8) is 0 Å². The molecule has 0 fully saturated rings. The summed E-state index contributed by atoms with van der Waals surface area (Å²) in [7, 11) is 0. The zero-order valence-corrected chi connectivity index (χ0v) is 36.8. The van der Waals surface area contributed by atoms with Crippen LogP contribution in [0.2, 0.25) is 0 Å². The molecule has 8 heterocycles. The number of aliphatic hydroxyl groups is 4. The Morgan fingerprint density at radius 2 is 0.833 bits per heavy atom. The van der Waals surface area contributed by atoms with Crippen LogP contribution < -0.4 is 0 Å². The number of aliphatic hydroxyl groups excluding tert-OH is 2. The van der Waals surface area contributed by atoms with E-state index in [2.05, 4.69) is 40.4 Å². The first-order chi connectivity index (χ1) is 29.2. The molecule has 0 unspecified atom stereocenters. The third-order valence-corrected chi connectivity index (χ3v) is 17.6. The van der Waals surface area contributed by atoms with Gasteiger partial charge in [0.25, 0.3) is 0 Å². The average Bonchev–Trinajstić information content (AvgIpc) is 4.07. The predicted molar refractivity (Wildman–Crippen MR) is 247 cm³/mol. The molecule has 8 nitrogen and oxygen atoms in total. The molecule has 4 N–H and O–H groups in total. The van der Waals surface area contributed by atoms with Crippen molar-refractivity contribution in [3.05, 3.63) is 105 Å². The summed E-state index contributed by atoms with van der Waals surface area (Å²) in [6.45, 7) is 0. The van der Waals surface area contributed by atoms with E-state index in [0.717, 1.165) is 93.8 Å². The van der Waals surface area contributed by atoms with E-state index in [-0.39, 0.29) is 12.8 Å². The number of nitrogens with zero attached hydrogens (tertiary/aromatic N) is 4. The second-order valence-electron chi connectivity index (χ2n) is 13.8. The zero-order chi connectivity index (χ0) is 40.8. The Morgan fingerprint density at radius 1 is 0.450 bits per heavy atom. The number of rotatable bonds is 10. The minimum atomic E-state index is -1.46. The van der Waals surface area contributed by atoms with Gasteiger partial charge in [0.15, 0.2) is 12.6 Å². The van der Waals surface area contributed by atoms with Crippen molar-refractivity contribution in [3.8, 4) is 62.6 Å². The quantitative estimate of drug-likeness (QED) is 0.0997. The molecule has 0 bridgehead atoms. The fraction of sp³-hybridized carbons (Fsp3) is 0.0952. The summed E-state index contributed by atoms with van der Waals surface area (Å²) in [5.74, 6) is -0.810. The van der Waals surface area contributed by atoms with Crippen LogP contribution in [0.15, 0.2) is 83.6 Å². The Balaban J connectivity index is 0.977. The van der Waals surface area contributed by atoms with Gasteiger partial charge in [-0.15, -0.1) is 68.0 Å². The summed E-state index contributed by atoms with van der Waals surface area (Å²) in [6, 6.07) is 22.6. The highest BCUT2D eigenvalue weighted by Crippen LogP contribution is 2.53. The molecule has 3 aromatic carbocycles. The van der Waals surface area contributed by atoms with Crippen LogP contribution in [-0.4, -0.2) is 50.5 Å². The van der Waals surface area contributed by atoms with Crippen molar-refractivity contribution < 1.29 is 29.2 Å². The molecular weight excluding hydrogens is 919 g/mol. The molecule has 298 valence electrons. The minimum Gasteiger partial charge on any atom is -0.368 e. The van der Waals surface area contributed by atoms with Crippen molar-refractivity contribution in [2.45, 2.75) is 25.4 Å². The van der Waals surface area contributed by atoms with Gasteiger partial charge in [-0.25, -0.2) is 8.78 Å². The van der Waals surface area contributed by atoms with Crippen molar-refractivity contribution in [2.75, 3.05) is 0 Å². The third kappa shape index (κ3) is 6.49. The molecule has 8 aromatic heterocycles. The highest BCUT2D eigenvalue weighted by Gasteiger charge is 2.26. The number of fused-ring (bicyclic) bond motifs is 4. The van der Waals surface area contributed by atoms with Crippen molar-refractivity contribution in [1.29, 1.82) is 0 Å². The Bertz CT molecular complexity index is 3150. The molecule has 0 atom stereocenters. The number of benzene rings is 3. The van der Waals surface area contributed by atoms with Gasteiger partial charge in [-0.3, -0.25) is 0 Å². The monoisotopic (exact) mass is 942 g/mol. The van der Waals surface area contributed by atoms with Crippen LogP contribution in [0.1, 0.15) is 9.75 Å². The summed E-state index contributed by atoms with van der Waals surface area (Å²) in [5, 5.41) is 44.2. The minimum absolute atomic E-state index is 0.0917. The lowest BCUT2D eigenvalue weighted by Crippen LogP contribution is -2.06. The van der Waals surface area contributed by atoms with Gasteiger partial charge in [0, 0.05) is 94.3 Å². The Labute approximate surface area is 370 Å². The first-order valence-corrected chi connectivity index (χ1v) is 24.6. The van der Waals surface area contributed by atoms with Crippen LogP contribution in [0.4, 0.5) is 8.78 Å². The van der Waals surface area contributed by atoms with E-state index in [1.165, 1.54) is 57.5 Å². The highest BCUT2D eigenvalue weighted by atomic mass is 32.1. The van der Waals surface area contributed by atoms with Gasteiger partial charge in [0.2, 0.25) is 0 Å². The SMILES string of the molecule is OC(O)Cc1ccc(-c2cc(F)c(-c3ccc(-c4c5ccsc5c(-c5ccc(-c6c(F)cc(-c7ccc(CC(O)O)s7)c7nsnc67)s5)c5ccsc45)s3)c3nsnc23)s1. The van der Waals surface area contributed by atoms with Gasteiger partial charge >= 0.3 is 0 Å². The number of hydrogen-bond donors (Lipinski definition) is 4. The molecule has 60 heavy (non-hydrogen) atoms. The maximum atomic E-state index is 16.3. The van der Waals surface area contributed by atoms with E-state index in [1.54, 1.807) is 22.7 Å². The summed E-state index contributed by atoms with van der Waals surface area (Å²) < 4.78 is 53.0. The van der Waals surface area contributed by atoms with Gasteiger partial charge in [-0.05, 0) is 83.6 Å². The summed E-state index contributed by atoms with van der Waals surface area (Å²) in [4.78, 5) is 6.57. The lowest BCUT2D eigenvalue weighted by Gasteiger charge is -2.10. The predicted octanol–water partition coefficient (Wildman–Crippen LogP) is 12.4. The fourth-order valence-corrected chi connectivity index (χ4v) is 15.2.